The maximum absolute atomic E-state index is 10.8. The summed E-state index contributed by atoms with van der Waals surface area (Å²) in [5.41, 5.74) is 0.0322. The van der Waals surface area contributed by atoms with Gasteiger partial charge in [-0.15, -0.1) is 5.16 Å². The molecule has 0 aliphatic carbocycles. The fourth-order valence-corrected chi connectivity index (χ4v) is 1.10. The molecule has 6 heteroatoms. The van der Waals surface area contributed by atoms with E-state index in [1.54, 1.807) is 30.3 Å². The number of aliphatic carboxylic acids is 1. The molecule has 0 spiro atoms. The van der Waals surface area contributed by atoms with Crippen LogP contribution < -0.4 is 0 Å². The summed E-state index contributed by atoms with van der Waals surface area (Å²) in [5.74, 6) is -1.67. The van der Waals surface area contributed by atoms with E-state index in [-0.39, 0.29) is 11.3 Å². The summed E-state index contributed by atoms with van der Waals surface area (Å²) < 4.78 is 4.17. The van der Waals surface area contributed by atoms with E-state index in [0.717, 1.165) is 6.21 Å². The van der Waals surface area contributed by atoms with Gasteiger partial charge in [-0.3, -0.25) is 0 Å². The average Bonchev–Trinajstić information content (AvgIpc) is 2.30. The molecule has 0 saturated carbocycles. The van der Waals surface area contributed by atoms with E-state index < -0.39 is 5.97 Å². The lowest BCUT2D eigenvalue weighted by Crippen LogP contribution is -2.06. The van der Waals surface area contributed by atoms with Crippen LogP contribution in [0.4, 0.5) is 0 Å². The zero-order chi connectivity index (χ0) is 12.0. The lowest BCUT2D eigenvalue weighted by molar-refractivity contribution is -0.132. The molecule has 0 heterocycles. The minimum Gasteiger partial charge on any atom is -0.506 e. The van der Waals surface area contributed by atoms with Crippen molar-refractivity contribution in [2.24, 2.45) is 5.16 Å². The van der Waals surface area contributed by atoms with Crippen LogP contribution in [0.1, 0.15) is 5.56 Å². The molecule has 0 fully saturated rings. The van der Waals surface area contributed by atoms with Crippen molar-refractivity contribution < 1.29 is 19.5 Å². The Bertz CT molecular complexity index is 428. The SMILES string of the molecule is O=C(O)C(C=NO[Si])=C(O)c1ccccc1. The monoisotopic (exact) mass is 234 g/mol. The van der Waals surface area contributed by atoms with Crippen molar-refractivity contribution in [1.82, 2.24) is 0 Å². The van der Waals surface area contributed by atoms with Crippen molar-refractivity contribution in [2.75, 3.05) is 0 Å². The van der Waals surface area contributed by atoms with Crippen LogP contribution >= 0.6 is 0 Å². The van der Waals surface area contributed by atoms with Gasteiger partial charge in [-0.25, -0.2) is 4.79 Å². The van der Waals surface area contributed by atoms with Gasteiger partial charge in [0.15, 0.2) is 0 Å². The number of rotatable bonds is 4. The summed E-state index contributed by atoms with van der Waals surface area (Å²) >= 11 is 0. The molecular weight excluding hydrogens is 226 g/mol. The van der Waals surface area contributed by atoms with Gasteiger partial charge >= 0.3 is 16.5 Å². The summed E-state index contributed by atoms with van der Waals surface area (Å²) in [6.45, 7) is 0. The van der Waals surface area contributed by atoms with Gasteiger partial charge in [0.2, 0.25) is 0 Å². The Hall–Kier alpha value is -2.08. The molecule has 0 unspecified atom stereocenters. The Morgan fingerprint density at radius 2 is 1.94 bits per heavy atom. The summed E-state index contributed by atoms with van der Waals surface area (Å²) in [6, 6.07) is 8.29. The van der Waals surface area contributed by atoms with E-state index >= 15 is 0 Å². The van der Waals surface area contributed by atoms with Gasteiger partial charge in [0, 0.05) is 5.56 Å². The minimum atomic E-state index is -1.30. The molecule has 0 amide bonds. The standard InChI is InChI=1S/C10H8NO4Si/c12-9(7-4-2-1-3-5-7)8(10(13)14)6-11-15-16/h1-6,12H,(H,13,14). The van der Waals surface area contributed by atoms with Crippen LogP contribution in [0.3, 0.4) is 0 Å². The lowest BCUT2D eigenvalue weighted by atomic mass is 10.1. The van der Waals surface area contributed by atoms with E-state index in [1.165, 1.54) is 0 Å². The minimum absolute atomic E-state index is 0.357. The van der Waals surface area contributed by atoms with Gasteiger partial charge in [-0.05, 0) is 0 Å². The van der Waals surface area contributed by atoms with E-state index in [0.29, 0.717) is 5.56 Å². The van der Waals surface area contributed by atoms with E-state index in [2.05, 4.69) is 20.2 Å². The van der Waals surface area contributed by atoms with Crippen LogP contribution in [0.5, 0.6) is 0 Å². The van der Waals surface area contributed by atoms with Crippen LogP contribution in [0.25, 0.3) is 5.76 Å². The zero-order valence-corrected chi connectivity index (χ0v) is 9.12. The average molecular weight is 234 g/mol. The second-order valence-corrected chi connectivity index (χ2v) is 2.94. The first-order valence-electron chi connectivity index (χ1n) is 4.25. The normalized spacial score (nSPS) is 12.3. The topological polar surface area (TPSA) is 79.1 Å². The van der Waals surface area contributed by atoms with Crippen LogP contribution in [-0.2, 0) is 9.32 Å². The van der Waals surface area contributed by atoms with Crippen LogP contribution in [0.2, 0.25) is 0 Å². The van der Waals surface area contributed by atoms with Crippen molar-refractivity contribution in [2.45, 2.75) is 0 Å². The van der Waals surface area contributed by atoms with Gasteiger partial charge in [0.1, 0.15) is 11.3 Å². The number of benzene rings is 1. The first kappa shape index (κ1) is 12.0. The van der Waals surface area contributed by atoms with Crippen LogP contribution in [0, 0.1) is 0 Å². The third-order valence-corrected chi connectivity index (χ3v) is 1.87. The quantitative estimate of drug-likeness (QED) is 0.269. The van der Waals surface area contributed by atoms with Crippen molar-refractivity contribution in [3.63, 3.8) is 0 Å². The van der Waals surface area contributed by atoms with E-state index in [1.807, 2.05) is 0 Å². The predicted molar refractivity (Wildman–Crippen MR) is 59.0 cm³/mol. The Labute approximate surface area is 95.2 Å². The molecule has 0 aliphatic heterocycles. The fourth-order valence-electron chi connectivity index (χ4n) is 1.05. The third-order valence-electron chi connectivity index (χ3n) is 1.77. The van der Waals surface area contributed by atoms with Gasteiger partial charge in [-0.1, -0.05) is 30.3 Å². The highest BCUT2D eigenvalue weighted by molar-refractivity contribution is 6.14. The Morgan fingerprint density at radius 1 is 1.31 bits per heavy atom. The van der Waals surface area contributed by atoms with Crippen LogP contribution in [0.15, 0.2) is 41.1 Å². The van der Waals surface area contributed by atoms with Crippen molar-refractivity contribution >= 4 is 28.4 Å². The number of carboxylic acid groups (broad SMARTS) is 1. The summed E-state index contributed by atoms with van der Waals surface area (Å²) in [5, 5.41) is 21.8. The summed E-state index contributed by atoms with van der Waals surface area (Å²) in [4.78, 5) is 10.8. The molecular formula is C10H8NO4Si. The smallest absolute Gasteiger partial charge is 0.387 e. The highest BCUT2D eigenvalue weighted by Crippen LogP contribution is 2.14. The van der Waals surface area contributed by atoms with Crippen molar-refractivity contribution in [3.05, 3.63) is 41.5 Å². The molecule has 5 nitrogen and oxygen atoms in total. The first-order chi connectivity index (χ1) is 7.66. The van der Waals surface area contributed by atoms with Crippen LogP contribution in [-0.4, -0.2) is 32.9 Å². The summed E-state index contributed by atoms with van der Waals surface area (Å²) in [7, 11) is 2.58. The fraction of sp³-hybridized carbons (Fsp3) is 0. The molecule has 1 aromatic carbocycles. The molecule has 0 saturated heterocycles. The number of oxime groups is 1. The molecule has 2 N–H and O–H groups in total. The maximum atomic E-state index is 10.8. The van der Waals surface area contributed by atoms with Gasteiger partial charge in [0.05, 0.1) is 6.21 Å². The molecule has 1 rings (SSSR count). The van der Waals surface area contributed by atoms with E-state index in [9.17, 15) is 9.90 Å². The highest BCUT2D eigenvalue weighted by Gasteiger charge is 2.13. The predicted octanol–water partition coefficient (Wildman–Crippen LogP) is 1.13. The molecule has 16 heavy (non-hydrogen) atoms. The molecule has 0 aromatic heterocycles. The maximum Gasteiger partial charge on any atom is 0.387 e. The Kier molecular flexibility index (Phi) is 4.28. The van der Waals surface area contributed by atoms with E-state index in [4.69, 9.17) is 5.11 Å². The number of carbonyl (C=O) groups is 1. The third kappa shape index (κ3) is 2.96. The second kappa shape index (κ2) is 5.71. The largest absolute Gasteiger partial charge is 0.506 e. The number of carboxylic acids is 1. The van der Waals surface area contributed by atoms with Gasteiger partial charge in [0.25, 0.3) is 0 Å². The summed E-state index contributed by atoms with van der Waals surface area (Å²) in [6.07, 6.45) is 0.900. The Morgan fingerprint density at radius 3 is 2.44 bits per heavy atom. The number of hydrogen-bond donors (Lipinski definition) is 2. The molecule has 1 aromatic rings. The first-order valence-corrected chi connectivity index (χ1v) is 4.65. The molecule has 0 aliphatic rings. The Balaban J connectivity index is 3.17. The number of nitrogens with zero attached hydrogens (tertiary/aromatic N) is 1. The zero-order valence-electron chi connectivity index (χ0n) is 8.12. The van der Waals surface area contributed by atoms with Gasteiger partial charge in [-0.2, -0.15) is 0 Å². The molecule has 81 valence electrons. The lowest BCUT2D eigenvalue weighted by Gasteiger charge is -2.02. The molecule has 0 atom stereocenters. The number of aliphatic hydroxyl groups is 1. The highest BCUT2D eigenvalue weighted by atomic mass is 28.2. The molecule has 0 bridgehead atoms. The van der Waals surface area contributed by atoms with Gasteiger partial charge < -0.3 is 14.7 Å². The van der Waals surface area contributed by atoms with Crippen molar-refractivity contribution in [1.29, 1.82) is 0 Å². The molecule has 3 radical (unpaired) electrons. The number of hydrogen-bond acceptors (Lipinski definition) is 4. The second-order valence-electron chi connectivity index (χ2n) is 2.76. The number of aliphatic hydroxyl groups excluding tert-OH is 1. The van der Waals surface area contributed by atoms with Crippen molar-refractivity contribution in [3.8, 4) is 0 Å².